The molecule has 0 spiro atoms. The minimum Gasteiger partial charge on any atom is -0.484 e. The Morgan fingerprint density at radius 1 is 0.903 bits per heavy atom. The van der Waals surface area contributed by atoms with Gasteiger partial charge in [-0.2, -0.15) is 0 Å². The van der Waals surface area contributed by atoms with Crippen LogP contribution in [0.1, 0.15) is 23.1 Å². The maximum Gasteiger partial charge on any atom is 0.257 e. The van der Waals surface area contributed by atoms with Crippen molar-refractivity contribution < 1.29 is 23.8 Å². The molecule has 0 aromatic heterocycles. The maximum atomic E-state index is 12.3. The SMILES string of the molecule is CNC(=O)COc1ccc(CN(C)C(=O)CCOCCOCc2ccc(C)cc2)cc1. The Bertz CT molecular complexity index is 806. The van der Waals surface area contributed by atoms with Crippen LogP contribution in [-0.2, 0) is 32.2 Å². The van der Waals surface area contributed by atoms with Crippen molar-refractivity contribution in [2.24, 2.45) is 0 Å². The molecule has 0 atom stereocenters. The first-order valence-corrected chi connectivity index (χ1v) is 10.3. The first kappa shape index (κ1) is 24.4. The average Bonchev–Trinajstić information content (AvgIpc) is 2.78. The minimum absolute atomic E-state index is 0.0144. The monoisotopic (exact) mass is 428 g/mol. The lowest BCUT2D eigenvalue weighted by atomic mass is 10.2. The Kier molecular flexibility index (Phi) is 10.5. The molecule has 0 aliphatic heterocycles. The van der Waals surface area contributed by atoms with E-state index in [2.05, 4.69) is 36.5 Å². The zero-order valence-corrected chi connectivity index (χ0v) is 18.6. The number of rotatable bonds is 13. The molecule has 0 bridgehead atoms. The summed E-state index contributed by atoms with van der Waals surface area (Å²) >= 11 is 0. The van der Waals surface area contributed by atoms with E-state index >= 15 is 0 Å². The highest BCUT2D eigenvalue weighted by molar-refractivity contribution is 5.77. The van der Waals surface area contributed by atoms with Crippen LogP contribution < -0.4 is 10.1 Å². The Balaban J connectivity index is 1.57. The number of nitrogens with one attached hydrogen (secondary N) is 1. The van der Waals surface area contributed by atoms with E-state index < -0.39 is 0 Å². The number of ether oxygens (including phenoxy) is 3. The van der Waals surface area contributed by atoms with E-state index in [1.807, 2.05) is 12.1 Å². The highest BCUT2D eigenvalue weighted by Crippen LogP contribution is 2.13. The summed E-state index contributed by atoms with van der Waals surface area (Å²) in [6.07, 6.45) is 0.321. The van der Waals surface area contributed by atoms with Crippen molar-refractivity contribution >= 4 is 11.8 Å². The van der Waals surface area contributed by atoms with Gasteiger partial charge in [0.15, 0.2) is 6.61 Å². The summed E-state index contributed by atoms with van der Waals surface area (Å²) < 4.78 is 16.5. The summed E-state index contributed by atoms with van der Waals surface area (Å²) in [4.78, 5) is 25.1. The maximum absolute atomic E-state index is 12.3. The van der Waals surface area contributed by atoms with Crippen LogP contribution in [0.4, 0.5) is 0 Å². The van der Waals surface area contributed by atoms with Crippen LogP contribution in [0.25, 0.3) is 0 Å². The molecule has 168 valence electrons. The Hall–Kier alpha value is -2.90. The van der Waals surface area contributed by atoms with Gasteiger partial charge in [-0.25, -0.2) is 0 Å². The van der Waals surface area contributed by atoms with E-state index in [1.165, 1.54) is 5.56 Å². The number of hydrogen-bond acceptors (Lipinski definition) is 5. The van der Waals surface area contributed by atoms with Gasteiger partial charge in [-0.1, -0.05) is 42.0 Å². The number of nitrogens with zero attached hydrogens (tertiary/aromatic N) is 1. The third kappa shape index (κ3) is 9.63. The zero-order chi connectivity index (χ0) is 22.5. The highest BCUT2D eigenvalue weighted by atomic mass is 16.5. The van der Waals surface area contributed by atoms with E-state index in [4.69, 9.17) is 14.2 Å². The number of benzene rings is 2. The molecule has 2 aromatic carbocycles. The molecule has 0 saturated carbocycles. The van der Waals surface area contributed by atoms with Crippen LogP contribution in [0, 0.1) is 6.92 Å². The van der Waals surface area contributed by atoms with Gasteiger partial charge in [0.1, 0.15) is 5.75 Å². The van der Waals surface area contributed by atoms with Crippen molar-refractivity contribution in [1.29, 1.82) is 0 Å². The lowest BCUT2D eigenvalue weighted by molar-refractivity contribution is -0.131. The lowest BCUT2D eigenvalue weighted by Gasteiger charge is -2.17. The number of aryl methyl sites for hydroxylation is 1. The summed E-state index contributed by atoms with van der Waals surface area (Å²) in [6.45, 7) is 4.40. The van der Waals surface area contributed by atoms with E-state index in [0.717, 1.165) is 11.1 Å². The molecule has 0 fully saturated rings. The zero-order valence-electron chi connectivity index (χ0n) is 18.6. The molecule has 0 saturated heterocycles. The molecule has 2 amide bonds. The van der Waals surface area contributed by atoms with Crippen LogP contribution in [0.5, 0.6) is 5.75 Å². The van der Waals surface area contributed by atoms with Crippen molar-refractivity contribution in [2.75, 3.05) is 40.5 Å². The van der Waals surface area contributed by atoms with E-state index in [9.17, 15) is 9.59 Å². The molecule has 0 unspecified atom stereocenters. The smallest absolute Gasteiger partial charge is 0.257 e. The van der Waals surface area contributed by atoms with Crippen LogP contribution in [0.15, 0.2) is 48.5 Å². The second-order valence-corrected chi connectivity index (χ2v) is 7.26. The molecular formula is C24H32N2O5. The largest absolute Gasteiger partial charge is 0.484 e. The van der Waals surface area contributed by atoms with Crippen molar-refractivity contribution in [3.05, 3.63) is 65.2 Å². The molecule has 31 heavy (non-hydrogen) atoms. The van der Waals surface area contributed by atoms with Gasteiger partial charge in [0.25, 0.3) is 5.91 Å². The number of carbonyl (C=O) groups is 2. The molecule has 0 aliphatic rings. The lowest BCUT2D eigenvalue weighted by Crippen LogP contribution is -2.27. The van der Waals surface area contributed by atoms with Gasteiger partial charge < -0.3 is 24.4 Å². The molecule has 2 rings (SSSR count). The van der Waals surface area contributed by atoms with Gasteiger partial charge in [0.05, 0.1) is 32.8 Å². The molecular weight excluding hydrogens is 396 g/mol. The van der Waals surface area contributed by atoms with Crippen molar-refractivity contribution in [3.63, 3.8) is 0 Å². The quantitative estimate of drug-likeness (QED) is 0.497. The third-order valence-electron chi connectivity index (χ3n) is 4.64. The molecule has 1 N–H and O–H groups in total. The second kappa shape index (κ2) is 13.4. The van der Waals surface area contributed by atoms with Gasteiger partial charge in [0, 0.05) is 20.6 Å². The fourth-order valence-corrected chi connectivity index (χ4v) is 2.72. The molecule has 0 radical (unpaired) electrons. The molecule has 2 aromatic rings. The highest BCUT2D eigenvalue weighted by Gasteiger charge is 2.09. The number of hydrogen-bond donors (Lipinski definition) is 1. The topological polar surface area (TPSA) is 77.1 Å². The van der Waals surface area contributed by atoms with Crippen LogP contribution in [0.2, 0.25) is 0 Å². The van der Waals surface area contributed by atoms with E-state index in [-0.39, 0.29) is 18.4 Å². The fraction of sp³-hybridized carbons (Fsp3) is 0.417. The second-order valence-electron chi connectivity index (χ2n) is 7.26. The number of amides is 2. The number of likely N-dealkylation sites (N-methyl/N-ethyl adjacent to an activating group) is 1. The van der Waals surface area contributed by atoms with Crippen molar-refractivity contribution in [2.45, 2.75) is 26.5 Å². The van der Waals surface area contributed by atoms with E-state index in [0.29, 0.717) is 45.1 Å². The normalized spacial score (nSPS) is 10.5. The van der Waals surface area contributed by atoms with Gasteiger partial charge in [-0.3, -0.25) is 9.59 Å². The number of carbonyl (C=O) groups excluding carboxylic acids is 2. The van der Waals surface area contributed by atoms with Crippen LogP contribution in [-0.4, -0.2) is 57.2 Å². The minimum atomic E-state index is -0.186. The summed E-state index contributed by atoms with van der Waals surface area (Å²) in [5, 5.41) is 2.50. The van der Waals surface area contributed by atoms with Crippen LogP contribution in [0.3, 0.4) is 0 Å². The summed E-state index contributed by atoms with van der Waals surface area (Å²) in [7, 11) is 3.33. The van der Waals surface area contributed by atoms with Gasteiger partial charge in [-0.15, -0.1) is 0 Å². The molecule has 7 heteroatoms. The predicted molar refractivity (Wildman–Crippen MR) is 119 cm³/mol. The predicted octanol–water partition coefficient (Wildman–Crippen LogP) is 2.70. The van der Waals surface area contributed by atoms with Crippen LogP contribution >= 0.6 is 0 Å². The van der Waals surface area contributed by atoms with Gasteiger partial charge in [-0.05, 0) is 30.2 Å². The Morgan fingerprint density at radius 3 is 2.23 bits per heavy atom. The fourth-order valence-electron chi connectivity index (χ4n) is 2.72. The average molecular weight is 429 g/mol. The van der Waals surface area contributed by atoms with Crippen molar-refractivity contribution in [1.82, 2.24) is 10.2 Å². The molecule has 7 nitrogen and oxygen atoms in total. The standard InChI is InChI=1S/C24H32N2O5/c1-19-4-6-21(7-5-19)17-30-15-14-29-13-12-24(28)26(3)16-20-8-10-22(11-9-20)31-18-23(27)25-2/h4-11H,12-18H2,1-3H3,(H,25,27). The Morgan fingerprint density at radius 2 is 1.55 bits per heavy atom. The Labute approximate surface area is 184 Å². The van der Waals surface area contributed by atoms with Gasteiger partial charge in [0.2, 0.25) is 5.91 Å². The first-order valence-electron chi connectivity index (χ1n) is 10.3. The van der Waals surface area contributed by atoms with Crippen molar-refractivity contribution in [3.8, 4) is 5.75 Å². The van der Waals surface area contributed by atoms with Gasteiger partial charge >= 0.3 is 0 Å². The summed E-state index contributed by atoms with van der Waals surface area (Å²) in [5.74, 6) is 0.439. The van der Waals surface area contributed by atoms with E-state index in [1.54, 1.807) is 31.1 Å². The molecule has 0 heterocycles. The molecule has 0 aliphatic carbocycles. The third-order valence-corrected chi connectivity index (χ3v) is 4.64. The summed E-state index contributed by atoms with van der Waals surface area (Å²) in [6, 6.07) is 15.6. The summed E-state index contributed by atoms with van der Waals surface area (Å²) in [5.41, 5.74) is 3.34. The first-order chi connectivity index (χ1) is 15.0.